The van der Waals surface area contributed by atoms with Crippen LogP contribution in [-0.2, 0) is 0 Å². The average Bonchev–Trinajstić information content (AvgIpc) is 2.99. The molecule has 1 spiro atoms. The van der Waals surface area contributed by atoms with E-state index in [4.69, 9.17) is 4.74 Å². The second kappa shape index (κ2) is 6.23. The quantitative estimate of drug-likeness (QED) is 0.900. The molecule has 2 N–H and O–H groups in total. The smallest absolute Gasteiger partial charge is 0.315 e. The van der Waals surface area contributed by atoms with Gasteiger partial charge in [0.15, 0.2) is 0 Å². The van der Waals surface area contributed by atoms with Crippen molar-refractivity contribution in [3.8, 4) is 11.5 Å². The molecule has 130 valence electrons. The number of rotatable bonds is 3. The molecule has 0 bridgehead atoms. The number of carbonyl (C=O) groups excluding carboxylic acids is 1. The first-order chi connectivity index (χ1) is 12.1. The van der Waals surface area contributed by atoms with E-state index in [1.807, 2.05) is 12.1 Å². The highest BCUT2D eigenvalue weighted by Gasteiger charge is 2.40. The van der Waals surface area contributed by atoms with Crippen molar-refractivity contribution in [2.75, 3.05) is 24.5 Å². The summed E-state index contributed by atoms with van der Waals surface area (Å²) in [5, 5.41) is 5.88. The van der Waals surface area contributed by atoms with Crippen LogP contribution in [0.15, 0.2) is 42.6 Å². The third-order valence-corrected chi connectivity index (χ3v) is 4.78. The predicted molar refractivity (Wildman–Crippen MR) is 91.4 cm³/mol. The normalized spacial score (nSPS) is 18.8. The number of aromatic nitrogens is 1. The highest BCUT2D eigenvalue weighted by Crippen LogP contribution is 2.28. The summed E-state index contributed by atoms with van der Waals surface area (Å²) >= 11 is 0. The van der Waals surface area contributed by atoms with Crippen molar-refractivity contribution in [1.82, 2.24) is 15.6 Å². The van der Waals surface area contributed by atoms with Crippen molar-refractivity contribution in [2.24, 2.45) is 0 Å². The molecule has 1 aromatic heterocycles. The Morgan fingerprint density at radius 3 is 2.40 bits per heavy atom. The van der Waals surface area contributed by atoms with Gasteiger partial charge in [-0.15, -0.1) is 0 Å². The van der Waals surface area contributed by atoms with Gasteiger partial charge >= 0.3 is 6.03 Å². The first-order valence-corrected chi connectivity index (χ1v) is 8.32. The predicted octanol–water partition coefficient (Wildman–Crippen LogP) is 2.66. The Morgan fingerprint density at radius 1 is 1.08 bits per heavy atom. The first-order valence-electron chi connectivity index (χ1n) is 8.32. The van der Waals surface area contributed by atoms with E-state index >= 15 is 0 Å². The fraction of sp³-hybridized carbons (Fsp3) is 0.333. The molecule has 3 heterocycles. The number of pyridine rings is 1. The van der Waals surface area contributed by atoms with Gasteiger partial charge in [0.1, 0.15) is 23.1 Å². The fourth-order valence-electron chi connectivity index (χ4n) is 3.30. The van der Waals surface area contributed by atoms with Gasteiger partial charge in [0, 0.05) is 19.6 Å². The fourth-order valence-corrected chi connectivity index (χ4v) is 3.30. The minimum Gasteiger partial charge on any atom is -0.456 e. The Kier molecular flexibility index (Phi) is 3.91. The number of piperidine rings is 1. The van der Waals surface area contributed by atoms with Gasteiger partial charge < -0.3 is 20.3 Å². The van der Waals surface area contributed by atoms with Crippen LogP contribution in [0.3, 0.4) is 0 Å². The number of hydrogen-bond donors (Lipinski definition) is 2. The number of anilines is 1. The van der Waals surface area contributed by atoms with Crippen LogP contribution in [-0.4, -0.2) is 36.2 Å². The molecule has 2 saturated heterocycles. The van der Waals surface area contributed by atoms with Gasteiger partial charge in [0.05, 0.1) is 11.7 Å². The molecule has 2 amide bonds. The maximum absolute atomic E-state index is 12.9. The van der Waals surface area contributed by atoms with Gasteiger partial charge in [-0.05, 0) is 49.2 Å². The monoisotopic (exact) mass is 342 g/mol. The number of urea groups is 1. The van der Waals surface area contributed by atoms with Crippen LogP contribution < -0.4 is 20.3 Å². The molecule has 6 nitrogen and oxygen atoms in total. The lowest BCUT2D eigenvalue weighted by molar-refractivity contribution is 0.240. The Hall–Kier alpha value is -2.83. The maximum Gasteiger partial charge on any atom is 0.315 e. The van der Waals surface area contributed by atoms with Crippen LogP contribution >= 0.6 is 0 Å². The van der Waals surface area contributed by atoms with E-state index in [-0.39, 0.29) is 17.4 Å². The molecule has 2 aliphatic rings. The molecular formula is C18H19FN4O2. The highest BCUT2D eigenvalue weighted by molar-refractivity contribution is 5.77. The maximum atomic E-state index is 12.9. The lowest BCUT2D eigenvalue weighted by atomic mass is 9.88. The van der Waals surface area contributed by atoms with Crippen LogP contribution in [0.4, 0.5) is 15.0 Å². The van der Waals surface area contributed by atoms with Crippen molar-refractivity contribution < 1.29 is 13.9 Å². The summed E-state index contributed by atoms with van der Waals surface area (Å²) in [6, 6.07) is 9.58. The van der Waals surface area contributed by atoms with Crippen LogP contribution in [0.5, 0.6) is 11.5 Å². The topological polar surface area (TPSA) is 66.5 Å². The molecule has 0 aliphatic carbocycles. The number of nitrogens with zero attached hydrogens (tertiary/aromatic N) is 2. The molecule has 0 atom stereocenters. The molecule has 4 rings (SSSR count). The number of hydrogen-bond acceptors (Lipinski definition) is 4. The van der Waals surface area contributed by atoms with Crippen molar-refractivity contribution in [2.45, 2.75) is 18.4 Å². The average molecular weight is 342 g/mol. The number of amides is 2. The van der Waals surface area contributed by atoms with E-state index in [2.05, 4.69) is 20.5 Å². The third-order valence-electron chi connectivity index (χ3n) is 4.78. The largest absolute Gasteiger partial charge is 0.456 e. The summed E-state index contributed by atoms with van der Waals surface area (Å²) in [4.78, 5) is 18.1. The lowest BCUT2D eigenvalue weighted by Crippen LogP contribution is -2.52. The van der Waals surface area contributed by atoms with Gasteiger partial charge in [-0.1, -0.05) is 0 Å². The molecule has 7 heteroatoms. The summed E-state index contributed by atoms with van der Waals surface area (Å²) in [7, 11) is 0. The molecular weight excluding hydrogens is 323 g/mol. The van der Waals surface area contributed by atoms with Crippen molar-refractivity contribution in [3.05, 3.63) is 48.4 Å². The number of benzene rings is 1. The van der Waals surface area contributed by atoms with Gasteiger partial charge in [-0.2, -0.15) is 0 Å². The van der Waals surface area contributed by atoms with Crippen LogP contribution in [0.25, 0.3) is 0 Å². The van der Waals surface area contributed by atoms with E-state index in [0.717, 1.165) is 31.7 Å². The zero-order chi connectivity index (χ0) is 17.3. The number of ether oxygens (including phenoxy) is 1. The Morgan fingerprint density at radius 2 is 1.80 bits per heavy atom. The molecule has 25 heavy (non-hydrogen) atoms. The van der Waals surface area contributed by atoms with Gasteiger partial charge in [0.2, 0.25) is 0 Å². The SMILES string of the molecule is O=C1NCC2(CCN(c3ccc(Oc4ccc(F)cc4)cn3)CC2)N1. The number of carbonyl (C=O) groups is 1. The second-order valence-corrected chi connectivity index (χ2v) is 6.48. The summed E-state index contributed by atoms with van der Waals surface area (Å²) in [5.74, 6) is 1.77. The van der Waals surface area contributed by atoms with E-state index in [1.54, 1.807) is 18.3 Å². The minimum absolute atomic E-state index is 0.0751. The minimum atomic E-state index is -0.294. The van der Waals surface area contributed by atoms with Crippen molar-refractivity contribution >= 4 is 11.8 Å². The molecule has 1 aromatic carbocycles. The Bertz CT molecular complexity index is 756. The zero-order valence-electron chi connectivity index (χ0n) is 13.7. The Balaban J connectivity index is 1.37. The van der Waals surface area contributed by atoms with Gasteiger partial charge in [-0.3, -0.25) is 0 Å². The molecule has 0 unspecified atom stereocenters. The lowest BCUT2D eigenvalue weighted by Gasteiger charge is -2.38. The van der Waals surface area contributed by atoms with Gasteiger partial charge in [-0.25, -0.2) is 14.2 Å². The molecule has 0 radical (unpaired) electrons. The molecule has 2 aliphatic heterocycles. The van der Waals surface area contributed by atoms with Crippen molar-refractivity contribution in [1.29, 1.82) is 0 Å². The van der Waals surface area contributed by atoms with Crippen LogP contribution in [0, 0.1) is 5.82 Å². The van der Waals surface area contributed by atoms with Crippen LogP contribution in [0.2, 0.25) is 0 Å². The number of halogens is 1. The highest BCUT2D eigenvalue weighted by atomic mass is 19.1. The van der Waals surface area contributed by atoms with Gasteiger partial charge in [0.25, 0.3) is 0 Å². The summed E-state index contributed by atoms with van der Waals surface area (Å²) < 4.78 is 18.6. The molecule has 0 saturated carbocycles. The zero-order valence-corrected chi connectivity index (χ0v) is 13.7. The van der Waals surface area contributed by atoms with Crippen molar-refractivity contribution in [3.63, 3.8) is 0 Å². The third kappa shape index (κ3) is 3.35. The first kappa shape index (κ1) is 15.7. The van der Waals surface area contributed by atoms with E-state index < -0.39 is 0 Å². The molecule has 2 aromatic rings. The van der Waals surface area contributed by atoms with Crippen LogP contribution in [0.1, 0.15) is 12.8 Å². The summed E-state index contributed by atoms with van der Waals surface area (Å²) in [6.07, 6.45) is 3.45. The second-order valence-electron chi connectivity index (χ2n) is 6.48. The standard InChI is InChI=1S/C18H19FN4O2/c19-13-1-3-14(4-2-13)25-15-5-6-16(20-11-15)23-9-7-18(8-10-23)12-21-17(24)22-18/h1-6,11H,7-10,12H2,(H2,21,22,24). The molecule has 2 fully saturated rings. The summed E-state index contributed by atoms with van der Waals surface area (Å²) in [5.41, 5.74) is -0.112. The number of nitrogens with one attached hydrogen (secondary N) is 2. The van der Waals surface area contributed by atoms with E-state index in [0.29, 0.717) is 18.0 Å². The van der Waals surface area contributed by atoms with E-state index in [1.165, 1.54) is 12.1 Å². The summed E-state index contributed by atoms with van der Waals surface area (Å²) in [6.45, 7) is 2.37. The van der Waals surface area contributed by atoms with E-state index in [9.17, 15) is 9.18 Å². The Labute approximate surface area is 145 Å².